The number of aryl methyl sites for hydroxylation is 1. The maximum atomic E-state index is 13.0. The number of rotatable bonds is 7. The highest BCUT2D eigenvalue weighted by Gasteiger charge is 2.46. The van der Waals surface area contributed by atoms with Gasteiger partial charge >= 0.3 is 0 Å². The molecule has 5 nitrogen and oxygen atoms in total. The number of carbonyl (C=O) groups is 1. The number of hydrogen-bond acceptors (Lipinski definition) is 4. The van der Waals surface area contributed by atoms with Crippen LogP contribution in [0.3, 0.4) is 0 Å². The van der Waals surface area contributed by atoms with Crippen molar-refractivity contribution >= 4 is 5.91 Å². The van der Waals surface area contributed by atoms with E-state index in [1.807, 2.05) is 24.1 Å². The molecule has 3 rings (SSSR count). The summed E-state index contributed by atoms with van der Waals surface area (Å²) in [4.78, 5) is 17.1. The normalized spacial score (nSPS) is 22.1. The van der Waals surface area contributed by atoms with Gasteiger partial charge in [0.25, 0.3) is 0 Å². The number of hydrogen-bond donors (Lipinski definition) is 1. The van der Waals surface area contributed by atoms with E-state index in [1.165, 1.54) is 18.4 Å². The maximum Gasteiger partial charge on any atom is 0.239 e. The van der Waals surface area contributed by atoms with Crippen LogP contribution in [0.1, 0.15) is 38.2 Å². The second-order valence-corrected chi connectivity index (χ2v) is 8.35. The molecule has 0 unspecified atom stereocenters. The van der Waals surface area contributed by atoms with Crippen molar-refractivity contribution in [2.45, 2.75) is 45.1 Å². The molecule has 1 atom stereocenters. The van der Waals surface area contributed by atoms with Gasteiger partial charge in [0.1, 0.15) is 5.75 Å². The topological polar surface area (TPSA) is 44.8 Å². The van der Waals surface area contributed by atoms with Crippen molar-refractivity contribution in [3.05, 3.63) is 29.8 Å². The van der Waals surface area contributed by atoms with E-state index in [9.17, 15) is 4.79 Å². The number of likely N-dealkylation sites (N-methyl/N-ethyl adjacent to an activating group) is 2. The minimum absolute atomic E-state index is 0.0373. The van der Waals surface area contributed by atoms with Crippen LogP contribution >= 0.6 is 0 Å². The second kappa shape index (κ2) is 9.07. The van der Waals surface area contributed by atoms with Gasteiger partial charge in [-0.25, -0.2) is 0 Å². The Balaban J connectivity index is 1.43. The number of nitrogens with one attached hydrogen (secondary N) is 1. The average molecular weight is 374 g/mol. The molecule has 0 saturated carbocycles. The highest BCUT2D eigenvalue weighted by atomic mass is 16.5. The number of piperidine rings is 1. The van der Waals surface area contributed by atoms with E-state index in [-0.39, 0.29) is 11.9 Å². The minimum Gasteiger partial charge on any atom is -0.494 e. The zero-order valence-corrected chi connectivity index (χ0v) is 17.2. The van der Waals surface area contributed by atoms with E-state index in [0.717, 1.165) is 51.2 Å². The van der Waals surface area contributed by atoms with Gasteiger partial charge < -0.3 is 15.0 Å². The molecule has 2 saturated heterocycles. The Morgan fingerprint density at radius 3 is 2.89 bits per heavy atom. The van der Waals surface area contributed by atoms with Crippen molar-refractivity contribution in [3.63, 3.8) is 0 Å². The molecular formula is C22H35N3O2. The van der Waals surface area contributed by atoms with Crippen molar-refractivity contribution in [1.82, 2.24) is 15.1 Å². The summed E-state index contributed by atoms with van der Waals surface area (Å²) in [5, 5.41) is 3.44. The number of carbonyl (C=O) groups excluding carboxylic acids is 1. The number of nitrogens with zero attached hydrogens (tertiary/aromatic N) is 2. The summed E-state index contributed by atoms with van der Waals surface area (Å²) in [5.41, 5.74) is 1.63. The molecule has 1 spiro atoms. The summed E-state index contributed by atoms with van der Waals surface area (Å²) in [6.45, 7) is 6.75. The van der Waals surface area contributed by atoms with Crippen LogP contribution in [0.15, 0.2) is 24.3 Å². The van der Waals surface area contributed by atoms with Gasteiger partial charge in [-0.2, -0.15) is 0 Å². The maximum absolute atomic E-state index is 13.0. The number of amides is 1. The number of ether oxygens (including phenoxy) is 1. The molecular weight excluding hydrogens is 338 g/mol. The molecule has 2 fully saturated rings. The van der Waals surface area contributed by atoms with Crippen molar-refractivity contribution in [2.24, 2.45) is 5.41 Å². The van der Waals surface area contributed by atoms with Crippen LogP contribution < -0.4 is 10.1 Å². The molecule has 2 aliphatic rings. The lowest BCUT2D eigenvalue weighted by Crippen LogP contribution is -2.43. The Morgan fingerprint density at radius 2 is 2.15 bits per heavy atom. The molecule has 0 radical (unpaired) electrons. The van der Waals surface area contributed by atoms with Crippen LogP contribution in [-0.2, 0) is 11.2 Å². The first-order chi connectivity index (χ1) is 13.0. The van der Waals surface area contributed by atoms with Gasteiger partial charge in [-0.15, -0.1) is 0 Å². The summed E-state index contributed by atoms with van der Waals surface area (Å²) in [6.07, 6.45) is 5.25. The molecule has 2 heterocycles. The van der Waals surface area contributed by atoms with E-state index in [1.54, 1.807) is 0 Å². The molecule has 27 heavy (non-hydrogen) atoms. The zero-order valence-electron chi connectivity index (χ0n) is 17.2. The quantitative estimate of drug-likeness (QED) is 0.746. The lowest BCUT2D eigenvalue weighted by atomic mass is 9.77. The molecule has 0 bridgehead atoms. The summed E-state index contributed by atoms with van der Waals surface area (Å²) in [7, 11) is 4.04. The zero-order chi connectivity index (χ0) is 19.3. The standard InChI is InChI=1S/C22H35N3O2/c1-4-18-7-5-8-19(15-18)27-14-6-13-24(2)21(26)20-16-22(17-25(20)3)9-11-23-12-10-22/h5,7-8,15,20,23H,4,6,9-14,16-17H2,1-3H3/t20-/m1/s1. The van der Waals surface area contributed by atoms with Crippen molar-refractivity contribution in [1.29, 1.82) is 0 Å². The van der Waals surface area contributed by atoms with E-state index in [4.69, 9.17) is 4.74 Å². The first-order valence-corrected chi connectivity index (χ1v) is 10.4. The van der Waals surface area contributed by atoms with Gasteiger partial charge in [0.05, 0.1) is 12.6 Å². The lowest BCUT2D eigenvalue weighted by Gasteiger charge is -2.33. The van der Waals surface area contributed by atoms with Crippen LogP contribution in [0.4, 0.5) is 0 Å². The van der Waals surface area contributed by atoms with Gasteiger partial charge in [-0.3, -0.25) is 9.69 Å². The van der Waals surface area contributed by atoms with E-state index >= 15 is 0 Å². The summed E-state index contributed by atoms with van der Waals surface area (Å²) < 4.78 is 5.86. The monoisotopic (exact) mass is 373 g/mol. The second-order valence-electron chi connectivity index (χ2n) is 8.35. The van der Waals surface area contributed by atoms with Gasteiger partial charge in [0, 0.05) is 20.1 Å². The fraction of sp³-hybridized carbons (Fsp3) is 0.682. The Labute approximate surface area is 164 Å². The Bertz CT molecular complexity index is 628. The van der Waals surface area contributed by atoms with E-state index in [0.29, 0.717) is 12.0 Å². The molecule has 1 N–H and O–H groups in total. The van der Waals surface area contributed by atoms with Gasteiger partial charge in [0.2, 0.25) is 5.91 Å². The molecule has 1 aromatic rings. The third-order valence-electron chi connectivity index (χ3n) is 6.28. The fourth-order valence-electron chi connectivity index (χ4n) is 4.58. The van der Waals surface area contributed by atoms with Crippen LogP contribution in [0.2, 0.25) is 0 Å². The van der Waals surface area contributed by atoms with Gasteiger partial charge in [0.15, 0.2) is 0 Å². The van der Waals surface area contributed by atoms with Crippen LogP contribution in [-0.4, -0.2) is 68.6 Å². The van der Waals surface area contributed by atoms with E-state index < -0.39 is 0 Å². The van der Waals surface area contributed by atoms with Gasteiger partial charge in [-0.05, 0) is 75.4 Å². The molecule has 0 aromatic heterocycles. The average Bonchev–Trinajstić information content (AvgIpc) is 3.00. The molecule has 0 aliphatic carbocycles. The predicted octanol–water partition coefficient (Wildman–Crippen LogP) is 2.55. The SMILES string of the molecule is CCc1cccc(OCCCN(C)C(=O)[C@H]2CC3(CCNCC3)CN2C)c1. The summed E-state index contributed by atoms with van der Waals surface area (Å²) >= 11 is 0. The number of benzene rings is 1. The summed E-state index contributed by atoms with van der Waals surface area (Å²) in [5.74, 6) is 1.19. The smallest absolute Gasteiger partial charge is 0.239 e. The molecule has 1 amide bonds. The molecule has 150 valence electrons. The third-order valence-corrected chi connectivity index (χ3v) is 6.28. The highest BCUT2D eigenvalue weighted by molar-refractivity contribution is 5.82. The van der Waals surface area contributed by atoms with Gasteiger partial charge in [-0.1, -0.05) is 19.1 Å². The minimum atomic E-state index is 0.0373. The van der Waals surface area contributed by atoms with Crippen LogP contribution in [0.25, 0.3) is 0 Å². The van der Waals surface area contributed by atoms with Crippen molar-refractivity contribution in [2.75, 3.05) is 46.9 Å². The van der Waals surface area contributed by atoms with Crippen molar-refractivity contribution in [3.8, 4) is 5.75 Å². The Kier molecular flexibility index (Phi) is 6.77. The first-order valence-electron chi connectivity index (χ1n) is 10.4. The molecule has 1 aromatic carbocycles. The van der Waals surface area contributed by atoms with Crippen molar-refractivity contribution < 1.29 is 9.53 Å². The predicted molar refractivity (Wildman–Crippen MR) is 109 cm³/mol. The highest BCUT2D eigenvalue weighted by Crippen LogP contribution is 2.41. The van der Waals surface area contributed by atoms with Crippen LogP contribution in [0.5, 0.6) is 5.75 Å². The van der Waals surface area contributed by atoms with Crippen LogP contribution in [0, 0.1) is 5.41 Å². The largest absolute Gasteiger partial charge is 0.494 e. The first kappa shape index (κ1) is 20.2. The lowest BCUT2D eigenvalue weighted by molar-refractivity contribution is -0.134. The molecule has 2 aliphatic heterocycles. The fourth-order valence-corrected chi connectivity index (χ4v) is 4.58. The third kappa shape index (κ3) is 5.02. The molecule has 5 heteroatoms. The van der Waals surface area contributed by atoms with E-state index in [2.05, 4.69) is 36.3 Å². The number of likely N-dealkylation sites (tertiary alicyclic amines) is 1. The Morgan fingerprint density at radius 1 is 1.37 bits per heavy atom. The summed E-state index contributed by atoms with van der Waals surface area (Å²) in [6, 6.07) is 8.29. The Hall–Kier alpha value is -1.59.